The van der Waals surface area contributed by atoms with Gasteiger partial charge in [0, 0.05) is 13.7 Å². The Kier molecular flexibility index (Phi) is 21.8. The van der Waals surface area contributed by atoms with Gasteiger partial charge in [-0.3, -0.25) is 0 Å². The molecule has 0 aliphatic carbocycles. The Hall–Kier alpha value is -0.810. The van der Waals surface area contributed by atoms with Crippen molar-refractivity contribution >= 4 is 6.16 Å². The Labute approximate surface area is 173 Å². The van der Waals surface area contributed by atoms with Gasteiger partial charge in [0.1, 0.15) is 12.7 Å². The minimum absolute atomic E-state index is 0.0186. The number of hydrogen-bond donors (Lipinski definition) is 1. The van der Waals surface area contributed by atoms with Crippen molar-refractivity contribution in [2.75, 3.05) is 26.9 Å². The molecule has 0 saturated heterocycles. The van der Waals surface area contributed by atoms with E-state index in [0.717, 1.165) is 6.42 Å². The normalized spacial score (nSPS) is 12.2. The molecule has 0 aliphatic heterocycles. The van der Waals surface area contributed by atoms with Gasteiger partial charge >= 0.3 is 6.16 Å². The molecule has 1 atom stereocenters. The Morgan fingerprint density at radius 3 is 1.54 bits per heavy atom. The minimum Gasteiger partial charge on any atom is -0.450 e. The Balaban J connectivity index is 3.16. The summed E-state index contributed by atoms with van der Waals surface area (Å²) in [6.07, 6.45) is 20.1. The van der Waals surface area contributed by atoms with Crippen molar-refractivity contribution in [2.24, 2.45) is 0 Å². The molecule has 0 aliphatic rings. The largest absolute Gasteiger partial charge is 0.505 e. The molecular weight excluding hydrogens is 356 g/mol. The zero-order valence-corrected chi connectivity index (χ0v) is 18.6. The van der Waals surface area contributed by atoms with Gasteiger partial charge in [-0.2, -0.15) is 0 Å². The number of rotatable bonds is 22. The third kappa shape index (κ3) is 21.5. The summed E-state index contributed by atoms with van der Waals surface area (Å²) in [5.74, 6) is 0. The van der Waals surface area contributed by atoms with Gasteiger partial charge < -0.3 is 19.3 Å². The van der Waals surface area contributed by atoms with E-state index in [9.17, 15) is 4.79 Å². The molecule has 0 aromatic rings. The highest BCUT2D eigenvalue weighted by Gasteiger charge is 2.10. The van der Waals surface area contributed by atoms with Crippen LogP contribution in [0.5, 0.6) is 0 Å². The van der Waals surface area contributed by atoms with Crippen LogP contribution >= 0.6 is 0 Å². The van der Waals surface area contributed by atoms with Crippen LogP contribution in [-0.2, 0) is 14.2 Å². The zero-order chi connectivity index (χ0) is 20.7. The Bertz CT molecular complexity index is 322. The fraction of sp³-hybridized carbons (Fsp3) is 0.957. The average molecular weight is 403 g/mol. The topological polar surface area (TPSA) is 65.0 Å². The predicted octanol–water partition coefficient (Wildman–Crippen LogP) is 6.97. The molecule has 0 heterocycles. The second kappa shape index (κ2) is 22.5. The lowest BCUT2D eigenvalue weighted by Crippen LogP contribution is -2.25. The van der Waals surface area contributed by atoms with Crippen LogP contribution in [0.2, 0.25) is 0 Å². The second-order valence-electron chi connectivity index (χ2n) is 7.81. The highest BCUT2D eigenvalue weighted by molar-refractivity contribution is 5.56. The summed E-state index contributed by atoms with van der Waals surface area (Å²) in [6, 6.07) is 0. The number of hydrogen-bond acceptors (Lipinski definition) is 4. The number of unbranched alkanes of at least 4 members (excludes halogenated alkanes) is 15. The number of ether oxygens (including phenoxy) is 3. The van der Waals surface area contributed by atoms with E-state index < -0.39 is 6.16 Å². The van der Waals surface area contributed by atoms with Crippen LogP contribution in [0.1, 0.15) is 110 Å². The molecule has 5 heteroatoms. The average Bonchev–Trinajstić information content (AvgIpc) is 2.69. The number of carboxylic acid groups (broad SMARTS) is 1. The third-order valence-electron chi connectivity index (χ3n) is 5.17. The number of methoxy groups -OCH3 is 1. The lowest BCUT2D eigenvalue weighted by Gasteiger charge is -2.14. The molecule has 0 rings (SSSR count). The standard InChI is InChI=1S/C23H46O5/c1-3-4-5-6-7-8-9-10-11-12-13-14-15-16-17-18-19-27-20-22(26-2)21-28-23(24)25/h22H,3-21H2,1-2H3,(H,24,25)/t22-/m1/s1. The van der Waals surface area contributed by atoms with Crippen LogP contribution < -0.4 is 0 Å². The molecule has 1 N–H and O–H groups in total. The van der Waals surface area contributed by atoms with Crippen molar-refractivity contribution in [3.63, 3.8) is 0 Å². The van der Waals surface area contributed by atoms with Gasteiger partial charge in [-0.15, -0.1) is 0 Å². The van der Waals surface area contributed by atoms with E-state index >= 15 is 0 Å². The lowest BCUT2D eigenvalue weighted by atomic mass is 10.0. The van der Waals surface area contributed by atoms with Crippen molar-refractivity contribution in [2.45, 2.75) is 116 Å². The van der Waals surface area contributed by atoms with Crippen LogP contribution in [0.25, 0.3) is 0 Å². The van der Waals surface area contributed by atoms with Gasteiger partial charge in [-0.25, -0.2) is 4.79 Å². The Morgan fingerprint density at radius 2 is 1.14 bits per heavy atom. The molecule has 28 heavy (non-hydrogen) atoms. The number of carbonyl (C=O) groups is 1. The maximum atomic E-state index is 10.3. The van der Waals surface area contributed by atoms with Crippen LogP contribution in [0.4, 0.5) is 4.79 Å². The maximum absolute atomic E-state index is 10.3. The Morgan fingerprint density at radius 1 is 0.714 bits per heavy atom. The van der Waals surface area contributed by atoms with E-state index in [1.165, 1.54) is 103 Å². The van der Waals surface area contributed by atoms with E-state index in [2.05, 4.69) is 11.7 Å². The van der Waals surface area contributed by atoms with Crippen LogP contribution in [0.3, 0.4) is 0 Å². The maximum Gasteiger partial charge on any atom is 0.505 e. The van der Waals surface area contributed by atoms with E-state index in [4.69, 9.17) is 14.6 Å². The van der Waals surface area contributed by atoms with Crippen LogP contribution in [0, 0.1) is 0 Å². The molecule has 0 fully saturated rings. The first-order valence-corrected chi connectivity index (χ1v) is 11.7. The minimum atomic E-state index is -1.28. The molecule has 5 nitrogen and oxygen atoms in total. The fourth-order valence-corrected chi connectivity index (χ4v) is 3.32. The van der Waals surface area contributed by atoms with Gasteiger partial charge in [-0.05, 0) is 6.42 Å². The molecule has 0 aromatic heterocycles. The lowest BCUT2D eigenvalue weighted by molar-refractivity contribution is -0.0324. The van der Waals surface area contributed by atoms with E-state index in [1.807, 2.05) is 0 Å². The first-order chi connectivity index (χ1) is 13.7. The van der Waals surface area contributed by atoms with Gasteiger partial charge in [0.05, 0.1) is 6.61 Å². The highest BCUT2D eigenvalue weighted by Crippen LogP contribution is 2.13. The molecule has 0 saturated carbocycles. The van der Waals surface area contributed by atoms with Gasteiger partial charge in [0.25, 0.3) is 0 Å². The van der Waals surface area contributed by atoms with Crippen LogP contribution in [0.15, 0.2) is 0 Å². The first-order valence-electron chi connectivity index (χ1n) is 11.7. The summed E-state index contributed by atoms with van der Waals surface area (Å²) in [5.41, 5.74) is 0. The molecular formula is C23H46O5. The van der Waals surface area contributed by atoms with Crippen molar-refractivity contribution < 1.29 is 24.1 Å². The summed E-state index contributed by atoms with van der Waals surface area (Å²) >= 11 is 0. The molecule has 0 amide bonds. The van der Waals surface area contributed by atoms with Crippen molar-refractivity contribution in [3.05, 3.63) is 0 Å². The second-order valence-corrected chi connectivity index (χ2v) is 7.81. The molecule has 0 spiro atoms. The van der Waals surface area contributed by atoms with Gasteiger partial charge in [-0.1, -0.05) is 103 Å². The highest BCUT2D eigenvalue weighted by atomic mass is 16.7. The summed E-state index contributed by atoms with van der Waals surface area (Å²) in [6.45, 7) is 3.37. The molecule has 168 valence electrons. The van der Waals surface area contributed by atoms with E-state index in [1.54, 1.807) is 0 Å². The third-order valence-corrected chi connectivity index (χ3v) is 5.17. The molecule has 0 aromatic carbocycles. The van der Waals surface area contributed by atoms with Crippen molar-refractivity contribution in [3.8, 4) is 0 Å². The van der Waals surface area contributed by atoms with Gasteiger partial charge in [0.15, 0.2) is 0 Å². The molecule has 0 bridgehead atoms. The summed E-state index contributed by atoms with van der Waals surface area (Å²) < 4.78 is 15.2. The summed E-state index contributed by atoms with van der Waals surface area (Å²) in [5, 5.41) is 8.47. The van der Waals surface area contributed by atoms with Crippen molar-refractivity contribution in [1.29, 1.82) is 0 Å². The smallest absolute Gasteiger partial charge is 0.450 e. The zero-order valence-electron chi connectivity index (χ0n) is 18.6. The van der Waals surface area contributed by atoms with E-state index in [-0.39, 0.29) is 12.7 Å². The SMILES string of the molecule is CCCCCCCCCCCCCCCCCCOC[C@H](COC(=O)O)OC. The van der Waals surface area contributed by atoms with Crippen molar-refractivity contribution in [1.82, 2.24) is 0 Å². The summed E-state index contributed by atoms with van der Waals surface area (Å²) in [4.78, 5) is 10.3. The van der Waals surface area contributed by atoms with E-state index in [0.29, 0.717) is 13.2 Å². The summed E-state index contributed by atoms with van der Waals surface area (Å²) in [7, 11) is 1.54. The molecule has 0 unspecified atom stereocenters. The first kappa shape index (κ1) is 27.2. The van der Waals surface area contributed by atoms with Gasteiger partial charge in [0.2, 0.25) is 0 Å². The van der Waals surface area contributed by atoms with Crippen LogP contribution in [-0.4, -0.2) is 44.3 Å². The predicted molar refractivity (Wildman–Crippen MR) is 115 cm³/mol. The quantitative estimate of drug-likeness (QED) is 0.156. The molecule has 0 radical (unpaired) electrons. The fourth-order valence-electron chi connectivity index (χ4n) is 3.32. The monoisotopic (exact) mass is 402 g/mol.